The molecule has 1 fully saturated rings. The Labute approximate surface area is 134 Å². The molecule has 0 bridgehead atoms. The average molecular weight is 303 g/mol. The second-order valence-electron chi connectivity index (χ2n) is 6.31. The highest BCUT2D eigenvalue weighted by Gasteiger charge is 2.35. The van der Waals surface area contributed by atoms with Crippen LogP contribution in [0.3, 0.4) is 0 Å². The predicted molar refractivity (Wildman–Crippen MR) is 90.9 cm³/mol. The molecule has 0 aromatic heterocycles. The SMILES string of the molecule is CCN1CCC(c2ccccc2)(N(C)C)CCCCNC1=O. The van der Waals surface area contributed by atoms with Crippen molar-refractivity contribution in [2.24, 2.45) is 0 Å². The molecule has 1 aliphatic rings. The number of benzene rings is 1. The number of carbonyl (C=O) groups excluding carboxylic acids is 1. The first-order chi connectivity index (χ1) is 10.6. The number of nitrogens with one attached hydrogen (secondary N) is 1. The van der Waals surface area contributed by atoms with Gasteiger partial charge in [-0.05, 0) is 52.3 Å². The Morgan fingerprint density at radius 1 is 1.18 bits per heavy atom. The van der Waals surface area contributed by atoms with Crippen molar-refractivity contribution in [3.8, 4) is 0 Å². The number of rotatable bonds is 3. The molecule has 4 heteroatoms. The summed E-state index contributed by atoms with van der Waals surface area (Å²) in [7, 11) is 4.32. The van der Waals surface area contributed by atoms with Gasteiger partial charge in [0.15, 0.2) is 0 Å². The maximum atomic E-state index is 12.2. The minimum absolute atomic E-state index is 0.00625. The number of carbonyl (C=O) groups is 1. The zero-order valence-corrected chi connectivity index (χ0v) is 14.1. The van der Waals surface area contributed by atoms with Gasteiger partial charge in [0.1, 0.15) is 0 Å². The van der Waals surface area contributed by atoms with Crippen molar-refractivity contribution in [3.63, 3.8) is 0 Å². The molecule has 1 heterocycles. The third-order valence-corrected chi connectivity index (χ3v) is 4.92. The van der Waals surface area contributed by atoms with Crippen LogP contribution >= 0.6 is 0 Å². The summed E-state index contributed by atoms with van der Waals surface area (Å²) >= 11 is 0. The number of urea groups is 1. The van der Waals surface area contributed by atoms with Crippen molar-refractivity contribution in [2.45, 2.75) is 38.1 Å². The fraction of sp³-hybridized carbons (Fsp3) is 0.611. The molecular weight excluding hydrogens is 274 g/mol. The number of amides is 2. The van der Waals surface area contributed by atoms with Gasteiger partial charge in [-0.1, -0.05) is 30.3 Å². The third-order valence-electron chi connectivity index (χ3n) is 4.92. The summed E-state index contributed by atoms with van der Waals surface area (Å²) in [6.45, 7) is 4.36. The fourth-order valence-electron chi connectivity index (χ4n) is 3.44. The summed E-state index contributed by atoms with van der Waals surface area (Å²) in [5, 5.41) is 3.02. The molecule has 1 atom stereocenters. The summed E-state index contributed by atoms with van der Waals surface area (Å²) < 4.78 is 0. The molecule has 0 radical (unpaired) electrons. The molecule has 1 N–H and O–H groups in total. The average Bonchev–Trinajstić information content (AvgIpc) is 2.53. The van der Waals surface area contributed by atoms with Crippen LogP contribution in [0.4, 0.5) is 4.79 Å². The van der Waals surface area contributed by atoms with Crippen LogP contribution in [0.1, 0.15) is 38.2 Å². The highest BCUT2D eigenvalue weighted by Crippen LogP contribution is 2.36. The van der Waals surface area contributed by atoms with E-state index in [1.807, 2.05) is 11.8 Å². The molecule has 1 aliphatic heterocycles. The molecule has 2 amide bonds. The van der Waals surface area contributed by atoms with Gasteiger partial charge in [0.25, 0.3) is 0 Å². The highest BCUT2D eigenvalue weighted by atomic mass is 16.2. The predicted octanol–water partition coefficient (Wildman–Crippen LogP) is 3.05. The molecular formula is C18H29N3O. The molecule has 22 heavy (non-hydrogen) atoms. The van der Waals surface area contributed by atoms with Gasteiger partial charge in [-0.2, -0.15) is 0 Å². The Kier molecular flexibility index (Phi) is 5.83. The van der Waals surface area contributed by atoms with Crippen LogP contribution in [0.25, 0.3) is 0 Å². The van der Waals surface area contributed by atoms with Crippen LogP contribution in [0.15, 0.2) is 30.3 Å². The lowest BCUT2D eigenvalue weighted by Crippen LogP contribution is -2.48. The fourth-order valence-corrected chi connectivity index (χ4v) is 3.44. The van der Waals surface area contributed by atoms with Gasteiger partial charge in [0, 0.05) is 25.2 Å². The van der Waals surface area contributed by atoms with Crippen molar-refractivity contribution >= 4 is 6.03 Å². The summed E-state index contributed by atoms with van der Waals surface area (Å²) in [5.74, 6) is 0. The molecule has 1 saturated heterocycles. The van der Waals surface area contributed by atoms with Crippen molar-refractivity contribution < 1.29 is 4.79 Å². The van der Waals surface area contributed by atoms with Gasteiger partial charge < -0.3 is 10.2 Å². The first-order valence-corrected chi connectivity index (χ1v) is 8.36. The summed E-state index contributed by atoms with van der Waals surface area (Å²) in [6, 6.07) is 10.8. The van der Waals surface area contributed by atoms with E-state index in [2.05, 4.69) is 54.6 Å². The van der Waals surface area contributed by atoms with E-state index < -0.39 is 0 Å². The van der Waals surface area contributed by atoms with Crippen LogP contribution in [0.2, 0.25) is 0 Å². The van der Waals surface area contributed by atoms with Crippen LogP contribution in [-0.2, 0) is 5.54 Å². The van der Waals surface area contributed by atoms with E-state index in [-0.39, 0.29) is 11.6 Å². The second kappa shape index (κ2) is 7.63. The zero-order chi connectivity index (χ0) is 16.0. The topological polar surface area (TPSA) is 35.6 Å². The van der Waals surface area contributed by atoms with Crippen molar-refractivity contribution in [1.82, 2.24) is 15.1 Å². The third kappa shape index (κ3) is 3.61. The largest absolute Gasteiger partial charge is 0.338 e. The van der Waals surface area contributed by atoms with Crippen LogP contribution < -0.4 is 5.32 Å². The number of hydrogen-bond donors (Lipinski definition) is 1. The van der Waals surface area contributed by atoms with Gasteiger partial charge in [-0.15, -0.1) is 0 Å². The van der Waals surface area contributed by atoms with E-state index in [1.165, 1.54) is 5.56 Å². The van der Waals surface area contributed by atoms with E-state index in [4.69, 9.17) is 0 Å². The minimum Gasteiger partial charge on any atom is -0.338 e. The Morgan fingerprint density at radius 3 is 2.55 bits per heavy atom. The van der Waals surface area contributed by atoms with Crippen molar-refractivity contribution in [3.05, 3.63) is 35.9 Å². The van der Waals surface area contributed by atoms with Crippen molar-refractivity contribution in [1.29, 1.82) is 0 Å². The monoisotopic (exact) mass is 303 g/mol. The van der Waals surface area contributed by atoms with Gasteiger partial charge in [0.2, 0.25) is 0 Å². The van der Waals surface area contributed by atoms with E-state index in [9.17, 15) is 4.79 Å². The summed E-state index contributed by atoms with van der Waals surface area (Å²) in [6.07, 6.45) is 4.24. The standard InChI is InChI=1S/C18H29N3O/c1-4-21-15-13-18(20(2)3,16-10-6-5-7-11-16)12-8-9-14-19-17(21)22/h5-7,10-11H,4,8-9,12-15H2,1-3H3,(H,19,22). The van der Waals surface area contributed by atoms with Crippen LogP contribution in [0, 0.1) is 0 Å². The Morgan fingerprint density at radius 2 is 1.91 bits per heavy atom. The molecule has 1 aromatic carbocycles. The molecule has 0 aliphatic carbocycles. The number of nitrogens with zero attached hydrogens (tertiary/aromatic N) is 2. The lowest BCUT2D eigenvalue weighted by Gasteiger charge is -2.42. The Bertz CT molecular complexity index is 474. The molecule has 0 saturated carbocycles. The molecule has 4 nitrogen and oxygen atoms in total. The maximum absolute atomic E-state index is 12.2. The van der Waals surface area contributed by atoms with E-state index in [1.54, 1.807) is 0 Å². The van der Waals surface area contributed by atoms with E-state index in [0.717, 1.165) is 45.3 Å². The second-order valence-corrected chi connectivity index (χ2v) is 6.31. The first-order valence-electron chi connectivity index (χ1n) is 8.36. The molecule has 1 aromatic rings. The molecule has 1 unspecified atom stereocenters. The highest BCUT2D eigenvalue weighted by molar-refractivity contribution is 5.74. The number of hydrogen-bond acceptors (Lipinski definition) is 2. The van der Waals surface area contributed by atoms with Crippen LogP contribution in [-0.4, -0.2) is 49.6 Å². The van der Waals surface area contributed by atoms with Gasteiger partial charge in [0.05, 0.1) is 0 Å². The first kappa shape index (κ1) is 16.8. The Hall–Kier alpha value is -1.55. The lowest BCUT2D eigenvalue weighted by atomic mass is 9.80. The quantitative estimate of drug-likeness (QED) is 0.931. The molecule has 122 valence electrons. The molecule has 2 rings (SSSR count). The smallest absolute Gasteiger partial charge is 0.317 e. The summed E-state index contributed by atoms with van der Waals surface area (Å²) in [5.41, 5.74) is 1.36. The van der Waals surface area contributed by atoms with Crippen molar-refractivity contribution in [2.75, 3.05) is 33.7 Å². The zero-order valence-electron chi connectivity index (χ0n) is 14.1. The van der Waals surface area contributed by atoms with Crippen LogP contribution in [0.5, 0.6) is 0 Å². The van der Waals surface area contributed by atoms with Gasteiger partial charge in [-0.25, -0.2) is 4.79 Å². The maximum Gasteiger partial charge on any atom is 0.317 e. The molecule has 0 spiro atoms. The summed E-state index contributed by atoms with van der Waals surface area (Å²) in [4.78, 5) is 16.4. The Balaban J connectivity index is 2.31. The van der Waals surface area contributed by atoms with E-state index >= 15 is 0 Å². The van der Waals surface area contributed by atoms with Gasteiger partial charge in [-0.3, -0.25) is 4.90 Å². The lowest BCUT2D eigenvalue weighted by molar-refractivity contribution is 0.104. The normalized spacial score (nSPS) is 24.2. The van der Waals surface area contributed by atoms with Gasteiger partial charge >= 0.3 is 6.03 Å². The minimum atomic E-state index is 0.00625. The van der Waals surface area contributed by atoms with E-state index in [0.29, 0.717) is 0 Å².